The summed E-state index contributed by atoms with van der Waals surface area (Å²) < 4.78 is 15.3. The number of nitrogens with zero attached hydrogens (tertiary/aromatic N) is 2. The van der Waals surface area contributed by atoms with Gasteiger partial charge >= 0.3 is 0 Å². The second-order valence-corrected chi connectivity index (χ2v) is 4.26. The van der Waals surface area contributed by atoms with Gasteiger partial charge in [-0.1, -0.05) is 12.1 Å². The summed E-state index contributed by atoms with van der Waals surface area (Å²) >= 11 is 0. The summed E-state index contributed by atoms with van der Waals surface area (Å²) in [7, 11) is 0. The molecule has 1 saturated carbocycles. The maximum Gasteiger partial charge on any atom is 0.153 e. The maximum atomic E-state index is 13.5. The molecule has 3 nitrogen and oxygen atoms in total. The van der Waals surface area contributed by atoms with Crippen LogP contribution in [0.4, 0.5) is 4.39 Å². The van der Waals surface area contributed by atoms with Gasteiger partial charge in [0, 0.05) is 11.8 Å². The molecule has 0 saturated heterocycles. The first-order valence-corrected chi connectivity index (χ1v) is 5.58. The molecule has 17 heavy (non-hydrogen) atoms. The summed E-state index contributed by atoms with van der Waals surface area (Å²) in [5.74, 6) is -0.489. The van der Waals surface area contributed by atoms with Crippen LogP contribution in [0.1, 0.15) is 29.2 Å². The number of hydrogen-bond acceptors (Lipinski definition) is 2. The van der Waals surface area contributed by atoms with E-state index in [9.17, 15) is 9.18 Å². The highest BCUT2D eigenvalue weighted by atomic mass is 19.1. The normalized spacial score (nSPS) is 14.9. The van der Waals surface area contributed by atoms with Gasteiger partial charge in [0.1, 0.15) is 5.82 Å². The molecule has 0 bridgehead atoms. The molecule has 2 aromatic rings. The highest BCUT2D eigenvalue weighted by molar-refractivity contribution is 5.87. The van der Waals surface area contributed by atoms with Crippen molar-refractivity contribution in [3.63, 3.8) is 0 Å². The lowest BCUT2D eigenvalue weighted by Gasteiger charge is -2.02. The third-order valence-corrected chi connectivity index (χ3v) is 3.00. The molecular weight excluding hydrogens is 219 g/mol. The van der Waals surface area contributed by atoms with Crippen molar-refractivity contribution in [3.8, 4) is 11.1 Å². The third-order valence-electron chi connectivity index (χ3n) is 3.00. The van der Waals surface area contributed by atoms with E-state index in [0.29, 0.717) is 17.9 Å². The van der Waals surface area contributed by atoms with Crippen LogP contribution >= 0.6 is 0 Å². The van der Waals surface area contributed by atoms with Gasteiger partial charge in [-0.15, -0.1) is 0 Å². The summed E-state index contributed by atoms with van der Waals surface area (Å²) in [5.41, 5.74) is 1.49. The Hall–Kier alpha value is -1.97. The molecule has 0 unspecified atom stereocenters. The minimum Gasteiger partial charge on any atom is -0.298 e. The summed E-state index contributed by atoms with van der Waals surface area (Å²) in [6.45, 7) is 0. The predicted octanol–water partition coefficient (Wildman–Crippen LogP) is 2.84. The minimum atomic E-state index is -0.489. The van der Waals surface area contributed by atoms with Crippen molar-refractivity contribution in [2.45, 2.75) is 18.9 Å². The Bertz CT molecular complexity index is 573. The van der Waals surface area contributed by atoms with Gasteiger partial charge in [-0.25, -0.2) is 4.39 Å². The standard InChI is InChI=1S/C13H11FN2O/c14-13-3-1-2-11(12(13)8-17)9-6-15-16(7-9)10-4-5-10/h1-3,6-8,10H,4-5H2. The fraction of sp³-hybridized carbons (Fsp3) is 0.231. The zero-order valence-electron chi connectivity index (χ0n) is 9.14. The lowest BCUT2D eigenvalue weighted by molar-refractivity contribution is 0.112. The van der Waals surface area contributed by atoms with Crippen LogP contribution in [0, 0.1) is 5.82 Å². The average molecular weight is 230 g/mol. The van der Waals surface area contributed by atoms with Gasteiger partial charge in [0.15, 0.2) is 6.29 Å². The Kier molecular flexibility index (Phi) is 2.28. The average Bonchev–Trinajstić information content (AvgIpc) is 3.07. The molecule has 1 aromatic carbocycles. The number of aromatic nitrogens is 2. The highest BCUT2D eigenvalue weighted by Crippen LogP contribution is 2.35. The van der Waals surface area contributed by atoms with Gasteiger partial charge in [-0.2, -0.15) is 5.10 Å². The maximum absolute atomic E-state index is 13.5. The zero-order chi connectivity index (χ0) is 11.8. The molecule has 86 valence electrons. The molecule has 1 fully saturated rings. The van der Waals surface area contributed by atoms with Gasteiger partial charge in [0.2, 0.25) is 0 Å². The molecule has 0 spiro atoms. The van der Waals surface area contributed by atoms with Crippen LogP contribution in [0.25, 0.3) is 11.1 Å². The van der Waals surface area contributed by atoms with Crippen LogP contribution in [-0.2, 0) is 0 Å². The van der Waals surface area contributed by atoms with Crippen LogP contribution in [0.3, 0.4) is 0 Å². The number of aldehydes is 1. The Morgan fingerprint density at radius 1 is 1.41 bits per heavy atom. The summed E-state index contributed by atoms with van der Waals surface area (Å²) in [6.07, 6.45) is 6.40. The molecule has 0 aliphatic heterocycles. The van der Waals surface area contributed by atoms with E-state index >= 15 is 0 Å². The molecule has 1 aromatic heterocycles. The molecule has 0 radical (unpaired) electrons. The summed E-state index contributed by atoms with van der Waals surface area (Å²) in [4.78, 5) is 10.9. The summed E-state index contributed by atoms with van der Waals surface area (Å²) in [6, 6.07) is 5.11. The number of hydrogen-bond donors (Lipinski definition) is 0. The van der Waals surface area contributed by atoms with E-state index < -0.39 is 5.82 Å². The van der Waals surface area contributed by atoms with Crippen molar-refractivity contribution in [1.29, 1.82) is 0 Å². The lowest BCUT2D eigenvalue weighted by Crippen LogP contribution is -1.93. The molecule has 1 aliphatic carbocycles. The van der Waals surface area contributed by atoms with E-state index in [0.717, 1.165) is 18.4 Å². The molecule has 4 heteroatoms. The minimum absolute atomic E-state index is 0.0999. The molecule has 0 N–H and O–H groups in total. The van der Waals surface area contributed by atoms with Crippen molar-refractivity contribution in [3.05, 3.63) is 42.0 Å². The van der Waals surface area contributed by atoms with Crippen molar-refractivity contribution >= 4 is 6.29 Å². The van der Waals surface area contributed by atoms with Crippen molar-refractivity contribution < 1.29 is 9.18 Å². The molecule has 1 heterocycles. The quantitative estimate of drug-likeness (QED) is 0.760. The van der Waals surface area contributed by atoms with Crippen LogP contribution in [0.5, 0.6) is 0 Å². The van der Waals surface area contributed by atoms with Gasteiger partial charge in [-0.3, -0.25) is 9.48 Å². The van der Waals surface area contributed by atoms with Crippen LogP contribution < -0.4 is 0 Å². The molecule has 0 amide bonds. The SMILES string of the molecule is O=Cc1c(F)cccc1-c1cnn(C2CC2)c1. The van der Waals surface area contributed by atoms with E-state index in [4.69, 9.17) is 0 Å². The van der Waals surface area contributed by atoms with Crippen molar-refractivity contribution in [2.24, 2.45) is 0 Å². The Balaban J connectivity index is 2.07. The van der Waals surface area contributed by atoms with Gasteiger partial charge in [-0.05, 0) is 24.5 Å². The van der Waals surface area contributed by atoms with Crippen LogP contribution in [0.15, 0.2) is 30.6 Å². The second-order valence-electron chi connectivity index (χ2n) is 4.26. The number of carbonyl (C=O) groups excluding carboxylic acids is 1. The molecule has 3 rings (SSSR count). The number of halogens is 1. The second kappa shape index (κ2) is 3.80. The first kappa shape index (κ1) is 10.2. The zero-order valence-corrected chi connectivity index (χ0v) is 9.14. The van der Waals surface area contributed by atoms with E-state index in [1.165, 1.54) is 6.07 Å². The first-order chi connectivity index (χ1) is 8.29. The van der Waals surface area contributed by atoms with Crippen molar-refractivity contribution in [1.82, 2.24) is 9.78 Å². The highest BCUT2D eigenvalue weighted by Gasteiger charge is 2.24. The van der Waals surface area contributed by atoms with Crippen LogP contribution in [0.2, 0.25) is 0 Å². The molecular formula is C13H11FN2O. The van der Waals surface area contributed by atoms with Crippen molar-refractivity contribution in [2.75, 3.05) is 0 Å². The fourth-order valence-corrected chi connectivity index (χ4v) is 1.92. The lowest BCUT2D eigenvalue weighted by atomic mass is 10.0. The molecule has 0 atom stereocenters. The van der Waals surface area contributed by atoms with E-state index in [1.54, 1.807) is 18.3 Å². The van der Waals surface area contributed by atoms with Crippen LogP contribution in [-0.4, -0.2) is 16.1 Å². The molecule has 1 aliphatic rings. The Labute approximate surface area is 97.9 Å². The fourth-order valence-electron chi connectivity index (χ4n) is 1.92. The first-order valence-electron chi connectivity index (χ1n) is 5.58. The largest absolute Gasteiger partial charge is 0.298 e. The van der Waals surface area contributed by atoms with E-state index in [2.05, 4.69) is 5.10 Å². The third kappa shape index (κ3) is 1.75. The predicted molar refractivity (Wildman–Crippen MR) is 61.3 cm³/mol. The van der Waals surface area contributed by atoms with Gasteiger partial charge < -0.3 is 0 Å². The van der Waals surface area contributed by atoms with E-state index in [-0.39, 0.29) is 5.56 Å². The number of rotatable bonds is 3. The smallest absolute Gasteiger partial charge is 0.153 e. The number of carbonyl (C=O) groups is 1. The number of benzene rings is 1. The Morgan fingerprint density at radius 3 is 2.94 bits per heavy atom. The summed E-state index contributed by atoms with van der Waals surface area (Å²) in [5, 5.41) is 4.24. The van der Waals surface area contributed by atoms with Gasteiger partial charge in [0.05, 0.1) is 17.8 Å². The Morgan fingerprint density at radius 2 is 2.24 bits per heavy atom. The van der Waals surface area contributed by atoms with Gasteiger partial charge in [0.25, 0.3) is 0 Å². The topological polar surface area (TPSA) is 34.9 Å². The monoisotopic (exact) mass is 230 g/mol. The van der Waals surface area contributed by atoms with E-state index in [1.807, 2.05) is 10.9 Å².